The first-order valence-electron chi connectivity index (χ1n) is 29.8. The summed E-state index contributed by atoms with van der Waals surface area (Å²) in [6.45, 7) is 11.6. The summed E-state index contributed by atoms with van der Waals surface area (Å²) in [6.07, 6.45) is -40.9. The number of rotatable bonds is 18. The fraction of sp³-hybridized carbons (Fsp3) is 0.929. The Kier molecular flexibility index (Phi) is 22.9. The third kappa shape index (κ3) is 14.4. The zero-order chi connectivity index (χ0) is 63.2. The van der Waals surface area contributed by atoms with Crippen molar-refractivity contribution in [1.29, 1.82) is 0 Å². The van der Waals surface area contributed by atoms with Crippen LogP contribution in [0.3, 0.4) is 0 Å². The van der Waals surface area contributed by atoms with Gasteiger partial charge >= 0.3 is 29.6 Å². The van der Waals surface area contributed by atoms with Crippen molar-refractivity contribution in [2.75, 3.05) is 6.61 Å². The maximum absolute atomic E-state index is 13.0. The molecular weight excluding hydrogens is 1190 g/mol. The van der Waals surface area contributed by atoms with Crippen molar-refractivity contribution in [3.8, 4) is 0 Å². The molecule has 5 saturated heterocycles. The van der Waals surface area contributed by atoms with Crippen LogP contribution in [0.4, 0.5) is 0 Å². The number of fused-ring (bicyclic) bond motifs is 5. The molecule has 9 aliphatic rings. The van der Waals surface area contributed by atoms with Crippen LogP contribution in [-0.4, -0.2) is 269 Å². The normalized spacial score (nSPS) is 51.0. The molecule has 9 rings (SSSR count). The van der Waals surface area contributed by atoms with E-state index in [1.165, 1.54) is 34.6 Å². The van der Waals surface area contributed by atoms with Gasteiger partial charge in [-0.2, -0.15) is 0 Å². The quantitative estimate of drug-likeness (QED) is 0.0199. The number of carbonyl (C=O) groups is 2. The third-order valence-corrected chi connectivity index (χ3v) is 20.9. The second-order valence-corrected chi connectivity index (χ2v) is 27.4. The van der Waals surface area contributed by atoms with Crippen LogP contribution in [0.25, 0.3) is 0 Å². The number of Topliss-reactive ketones (excluding diaryl/α,β-unsaturated/α-hetero) is 2. The summed E-state index contributed by atoms with van der Waals surface area (Å²) >= 11 is 0. The number of aliphatic hydroxyl groups is 13. The summed E-state index contributed by atoms with van der Waals surface area (Å²) in [5.74, 6) is -2.07. The van der Waals surface area contributed by atoms with Crippen LogP contribution in [0.5, 0.6) is 0 Å². The molecule has 5 aliphatic heterocycles. The second kappa shape index (κ2) is 27.8. The van der Waals surface area contributed by atoms with Crippen molar-refractivity contribution in [3.05, 3.63) is 11.6 Å². The first-order chi connectivity index (χ1) is 40.1. The summed E-state index contributed by atoms with van der Waals surface area (Å²) in [7, 11) is -5.18. The minimum Gasteiger partial charge on any atom is -0.726 e. The van der Waals surface area contributed by atoms with Crippen LogP contribution in [0.15, 0.2) is 11.6 Å². The van der Waals surface area contributed by atoms with E-state index in [-0.39, 0.29) is 91.0 Å². The Bertz CT molecular complexity index is 2520. The Labute approximate surface area is 526 Å². The van der Waals surface area contributed by atoms with E-state index < -0.39 is 205 Å². The zero-order valence-corrected chi connectivity index (χ0v) is 53.1. The molecule has 494 valence electrons. The van der Waals surface area contributed by atoms with Gasteiger partial charge in [-0.15, -0.1) is 0 Å². The molecule has 0 aromatic heterocycles. The van der Waals surface area contributed by atoms with E-state index in [1.807, 2.05) is 6.92 Å². The van der Waals surface area contributed by atoms with E-state index in [9.17, 15) is 88.9 Å². The van der Waals surface area contributed by atoms with Gasteiger partial charge in [-0.05, 0) is 121 Å². The molecule has 34 atom stereocenters. The van der Waals surface area contributed by atoms with Crippen molar-refractivity contribution < 1.29 is 170 Å². The number of carbonyl (C=O) groups excluding carboxylic acids is 2. The molecule has 0 spiro atoms. The smallest absolute Gasteiger partial charge is 0.726 e. The van der Waals surface area contributed by atoms with Gasteiger partial charge in [-0.3, -0.25) is 13.8 Å². The van der Waals surface area contributed by atoms with Crippen molar-refractivity contribution in [2.45, 2.75) is 285 Å². The molecule has 29 nitrogen and oxygen atoms in total. The number of aliphatic hydroxyl groups excluding tert-OH is 12. The Morgan fingerprint density at radius 2 is 1.13 bits per heavy atom. The average Bonchev–Trinajstić information content (AvgIpc) is 1.70. The first-order valence-corrected chi connectivity index (χ1v) is 31.2. The Morgan fingerprint density at radius 3 is 1.68 bits per heavy atom. The van der Waals surface area contributed by atoms with Crippen molar-refractivity contribution >= 4 is 22.0 Å². The standard InChI is InChI=1S/C56H90O29S.Na/c1-20(58)15-25(59)18-56(8,71)33-10-9-28-27-17-31(30-16-26(85-86(72,73)74)11-13-54(30,6)29(27)12-14-55(28,33)7)79-51-44(70)46(37(63)32(19-57)80-51)82-53-48(84-50-42(68)39(65)35(61)22(3)76-50)43(69)45(24(5)78-53)81-52-47(40(66)36(62)23(4)77-52)83-49-41(67)38(64)34(60)21(2)75-49;/h12,21-24,26-28,30-53,57,60-71H,9-11,13-19H2,1-8H3,(H,72,73,74);/q;+1/p-1/t21-,22+,23-,24-,26+,27+,28+,30-,31+,32-,33+,34+,35+,36+,37-,38+,39-,40+,41-,42+,43+,44-,45-,46+,47-,48-,49+,50-,51-,52+,53+,54-,55+,56-;/m1./s1. The van der Waals surface area contributed by atoms with Crippen LogP contribution in [-0.2, 0) is 71.5 Å². The van der Waals surface area contributed by atoms with Gasteiger partial charge in [0.05, 0.1) is 55.3 Å². The fourth-order valence-electron chi connectivity index (χ4n) is 15.9. The summed E-state index contributed by atoms with van der Waals surface area (Å²) in [6, 6.07) is 0. The van der Waals surface area contributed by atoms with Crippen LogP contribution in [0.1, 0.15) is 113 Å². The number of ketones is 2. The Hall–Kier alpha value is -0.970. The summed E-state index contributed by atoms with van der Waals surface area (Å²) in [5, 5.41) is 146. The molecule has 0 radical (unpaired) electrons. The molecule has 0 amide bonds. The minimum absolute atomic E-state index is 0. The van der Waals surface area contributed by atoms with E-state index in [0.717, 1.165) is 5.57 Å². The largest absolute Gasteiger partial charge is 1.00 e. The molecule has 31 heteroatoms. The first kappa shape index (κ1) is 71.9. The summed E-state index contributed by atoms with van der Waals surface area (Å²) in [4.78, 5) is 24.9. The molecular formula is C56H89NaO29S. The summed E-state index contributed by atoms with van der Waals surface area (Å²) in [5.41, 5.74) is -1.74. The van der Waals surface area contributed by atoms with Gasteiger partial charge in [0.25, 0.3) is 0 Å². The van der Waals surface area contributed by atoms with Gasteiger partial charge < -0.3 is 118 Å². The van der Waals surface area contributed by atoms with Crippen molar-refractivity contribution in [3.63, 3.8) is 0 Å². The second-order valence-electron chi connectivity index (χ2n) is 26.4. The van der Waals surface area contributed by atoms with Crippen LogP contribution in [0.2, 0.25) is 0 Å². The monoisotopic (exact) mass is 1280 g/mol. The third-order valence-electron chi connectivity index (χ3n) is 20.4. The maximum atomic E-state index is 13.0. The molecule has 0 bridgehead atoms. The Balaban J connectivity index is 0.00000982. The predicted octanol–water partition coefficient (Wildman–Crippen LogP) is -6.69. The van der Waals surface area contributed by atoms with E-state index in [4.69, 9.17) is 51.6 Å². The zero-order valence-electron chi connectivity index (χ0n) is 50.3. The molecule has 8 fully saturated rings. The van der Waals surface area contributed by atoms with Gasteiger partial charge in [0, 0.05) is 6.42 Å². The van der Waals surface area contributed by atoms with E-state index >= 15 is 0 Å². The van der Waals surface area contributed by atoms with E-state index in [0.29, 0.717) is 25.7 Å². The average molecular weight is 1280 g/mol. The van der Waals surface area contributed by atoms with Gasteiger partial charge in [0.1, 0.15) is 109 Å². The molecule has 3 saturated carbocycles. The number of allylic oxidation sites excluding steroid dienone is 2. The summed E-state index contributed by atoms with van der Waals surface area (Å²) < 4.78 is 103. The van der Waals surface area contributed by atoms with E-state index in [2.05, 4.69) is 13.0 Å². The van der Waals surface area contributed by atoms with Gasteiger partial charge in [0.15, 0.2) is 31.5 Å². The number of hydrogen-bond acceptors (Lipinski definition) is 29. The Morgan fingerprint density at radius 1 is 0.621 bits per heavy atom. The fourth-order valence-corrected chi connectivity index (χ4v) is 16.4. The SMILES string of the molecule is CC(=O)CC(=O)C[C@@](C)(O)[C@H]1CC[C@H]2[C@@H]3C[C@H](O[C@@H]4O[C@H](CO)[C@@H](O)[C@H](O[C@@H]5O[C@H](C)[C@@H](O[C@@H]6O[C@H](C)[C@H](O)[C@H](O)[C@H]6O[C@@H]6O[C@H](C)[C@H](O)[C@H](O)[C@H]6O)[C@H](O)[C@H]5O[C@H]5O[C@@H](C)[C@H](O)[C@@H](O)[C@@H]5O)[C@H]4O)[C@H]4C[C@@H](OS(=O)(=O)[O-])CC[C@]4(C)C3=CC[C@@]21C.[Na+]. The molecule has 0 unspecified atom stereocenters. The molecule has 0 aromatic rings. The van der Waals surface area contributed by atoms with Crippen molar-refractivity contribution in [2.24, 2.45) is 34.5 Å². The van der Waals surface area contributed by atoms with Crippen molar-refractivity contribution in [1.82, 2.24) is 0 Å². The number of hydrogen-bond donors (Lipinski definition) is 13. The molecule has 13 N–H and O–H groups in total. The predicted molar refractivity (Wildman–Crippen MR) is 284 cm³/mol. The molecule has 4 aliphatic carbocycles. The topological polar surface area (TPSA) is 456 Å². The maximum Gasteiger partial charge on any atom is 1.00 e. The minimum atomic E-state index is -5.18. The molecule has 0 aromatic carbocycles. The number of ether oxygens (including phenoxy) is 10. The van der Waals surface area contributed by atoms with Crippen LogP contribution in [0, 0.1) is 34.5 Å². The molecule has 87 heavy (non-hydrogen) atoms. The van der Waals surface area contributed by atoms with Crippen LogP contribution < -0.4 is 29.6 Å². The van der Waals surface area contributed by atoms with Gasteiger partial charge in [-0.25, -0.2) is 8.42 Å². The van der Waals surface area contributed by atoms with Gasteiger partial charge in [-0.1, -0.05) is 25.5 Å². The van der Waals surface area contributed by atoms with E-state index in [1.54, 1.807) is 6.92 Å². The van der Waals surface area contributed by atoms with Gasteiger partial charge in [0.2, 0.25) is 10.4 Å². The van der Waals surface area contributed by atoms with Crippen LogP contribution >= 0.6 is 0 Å². The molecule has 5 heterocycles.